The highest BCUT2D eigenvalue weighted by atomic mass is 79.9. The molecule has 1 atom stereocenters. The van der Waals surface area contributed by atoms with Crippen LogP contribution in [0.15, 0.2) is 0 Å². The summed E-state index contributed by atoms with van der Waals surface area (Å²) in [7, 11) is -1.44. The Hall–Kier alpha value is 0.617. The van der Waals surface area contributed by atoms with Gasteiger partial charge in [0.2, 0.25) is 0 Å². The van der Waals surface area contributed by atoms with Gasteiger partial charge in [-0.1, -0.05) is 43.1 Å². The average Bonchev–Trinajstić information content (AvgIpc) is 2.32. The van der Waals surface area contributed by atoms with Crippen LogP contribution in [-0.2, 0) is 8.85 Å². The van der Waals surface area contributed by atoms with Gasteiger partial charge >= 0.3 is 9.28 Å². The van der Waals surface area contributed by atoms with Crippen molar-refractivity contribution in [2.45, 2.75) is 58.4 Å². The van der Waals surface area contributed by atoms with Crippen LogP contribution in [0.3, 0.4) is 0 Å². The van der Waals surface area contributed by atoms with E-state index >= 15 is 0 Å². The lowest BCUT2D eigenvalue weighted by Gasteiger charge is -2.24. The predicted octanol–water partition coefficient (Wildman–Crippen LogP) is 4.02. The zero-order valence-electron chi connectivity index (χ0n) is 11.0. The fourth-order valence-corrected chi connectivity index (χ4v) is 4.45. The summed E-state index contributed by atoms with van der Waals surface area (Å²) in [6, 6.07) is 0. The molecule has 0 rings (SSSR count). The van der Waals surface area contributed by atoms with Crippen LogP contribution in [0.25, 0.3) is 0 Å². The van der Waals surface area contributed by atoms with Crippen LogP contribution in [-0.4, -0.2) is 27.8 Å². The lowest BCUT2D eigenvalue weighted by molar-refractivity contribution is 0.185. The van der Waals surface area contributed by atoms with E-state index in [2.05, 4.69) is 36.7 Å². The molecule has 0 aliphatic carbocycles. The minimum atomic E-state index is -1.44. The van der Waals surface area contributed by atoms with Crippen molar-refractivity contribution >= 4 is 25.2 Å². The van der Waals surface area contributed by atoms with Gasteiger partial charge in [-0.25, -0.2) is 0 Å². The summed E-state index contributed by atoms with van der Waals surface area (Å²) in [5.74, 6) is 0. The molecular weight excluding hydrogens is 284 g/mol. The van der Waals surface area contributed by atoms with Crippen molar-refractivity contribution in [2.75, 3.05) is 18.5 Å². The lowest BCUT2D eigenvalue weighted by atomic mass is 10.2. The van der Waals surface area contributed by atoms with Gasteiger partial charge in [-0.05, 0) is 31.2 Å². The van der Waals surface area contributed by atoms with Crippen LogP contribution >= 0.6 is 15.9 Å². The second-order valence-electron chi connectivity index (χ2n) is 4.11. The van der Waals surface area contributed by atoms with Crippen LogP contribution in [0.5, 0.6) is 0 Å². The van der Waals surface area contributed by atoms with Gasteiger partial charge in [0.15, 0.2) is 0 Å². The van der Waals surface area contributed by atoms with Gasteiger partial charge in [-0.3, -0.25) is 0 Å². The van der Waals surface area contributed by atoms with E-state index in [0.717, 1.165) is 31.4 Å². The Morgan fingerprint density at radius 1 is 1.06 bits per heavy atom. The van der Waals surface area contributed by atoms with E-state index in [1.54, 1.807) is 0 Å². The summed E-state index contributed by atoms with van der Waals surface area (Å²) >= 11 is 3.50. The second-order valence-corrected chi connectivity index (χ2v) is 7.25. The summed E-state index contributed by atoms with van der Waals surface area (Å²) in [5, 5.41) is 1.09. The van der Waals surface area contributed by atoms with Crippen LogP contribution in [0, 0.1) is 0 Å². The molecule has 0 heterocycles. The monoisotopic (exact) mass is 310 g/mol. The fourth-order valence-electron chi connectivity index (χ4n) is 1.66. The first kappa shape index (κ1) is 16.6. The van der Waals surface area contributed by atoms with Crippen LogP contribution in [0.1, 0.15) is 52.9 Å². The molecule has 1 unspecified atom stereocenters. The molecule has 0 saturated carbocycles. The normalized spacial score (nSPS) is 13.3. The van der Waals surface area contributed by atoms with E-state index in [-0.39, 0.29) is 0 Å². The van der Waals surface area contributed by atoms with Gasteiger partial charge in [-0.2, -0.15) is 0 Å². The van der Waals surface area contributed by atoms with E-state index < -0.39 is 9.28 Å². The zero-order valence-corrected chi connectivity index (χ0v) is 13.7. The first-order valence-electron chi connectivity index (χ1n) is 6.59. The summed E-state index contributed by atoms with van der Waals surface area (Å²) in [6.45, 7) is 8.30. The van der Waals surface area contributed by atoms with Gasteiger partial charge in [-0.15, -0.1) is 0 Å². The van der Waals surface area contributed by atoms with E-state index in [9.17, 15) is 0 Å². The van der Waals surface area contributed by atoms with Gasteiger partial charge in [0.25, 0.3) is 0 Å². The van der Waals surface area contributed by atoms with Crippen LogP contribution in [0.4, 0.5) is 0 Å². The molecule has 16 heavy (non-hydrogen) atoms. The van der Waals surface area contributed by atoms with Crippen molar-refractivity contribution in [1.82, 2.24) is 0 Å². The topological polar surface area (TPSA) is 18.5 Å². The number of hydrogen-bond donors (Lipinski definition) is 0. The quantitative estimate of drug-likeness (QED) is 0.424. The lowest BCUT2D eigenvalue weighted by Crippen LogP contribution is -2.30. The highest BCUT2D eigenvalue weighted by molar-refractivity contribution is 9.09. The fraction of sp³-hybridized carbons (Fsp3) is 1.00. The van der Waals surface area contributed by atoms with E-state index in [1.165, 1.54) is 19.3 Å². The molecule has 0 aliphatic heterocycles. The Kier molecular flexibility index (Phi) is 12.5. The van der Waals surface area contributed by atoms with Gasteiger partial charge in [0, 0.05) is 18.5 Å². The molecule has 0 fully saturated rings. The Morgan fingerprint density at radius 2 is 1.62 bits per heavy atom. The van der Waals surface area contributed by atoms with Crippen molar-refractivity contribution in [3.05, 3.63) is 0 Å². The second kappa shape index (κ2) is 12.1. The van der Waals surface area contributed by atoms with Gasteiger partial charge < -0.3 is 8.85 Å². The molecule has 0 saturated heterocycles. The third-order valence-corrected chi connectivity index (χ3v) is 5.85. The Labute approximate surface area is 111 Å². The molecule has 0 spiro atoms. The molecule has 0 aliphatic rings. The Balaban J connectivity index is 4.06. The summed E-state index contributed by atoms with van der Waals surface area (Å²) in [5.41, 5.74) is 0.677. The Morgan fingerprint density at radius 3 is 2.00 bits per heavy atom. The summed E-state index contributed by atoms with van der Waals surface area (Å²) in [6.07, 6.45) is 5.85. The third-order valence-electron chi connectivity index (χ3n) is 2.59. The maximum absolute atomic E-state index is 5.94. The van der Waals surface area contributed by atoms with E-state index in [4.69, 9.17) is 8.85 Å². The van der Waals surface area contributed by atoms with Crippen LogP contribution in [0.2, 0.25) is 5.54 Å². The van der Waals surface area contributed by atoms with Crippen molar-refractivity contribution in [3.8, 4) is 0 Å². The van der Waals surface area contributed by atoms with Crippen LogP contribution < -0.4 is 0 Å². The molecule has 0 N–H and O–H groups in total. The van der Waals surface area contributed by atoms with Gasteiger partial charge in [0.05, 0.1) is 0 Å². The molecule has 0 radical (unpaired) electrons. The van der Waals surface area contributed by atoms with E-state index in [1.807, 2.05) is 0 Å². The first-order valence-corrected chi connectivity index (χ1v) is 9.32. The molecule has 0 amide bonds. The number of rotatable bonds is 11. The zero-order chi connectivity index (χ0) is 12.2. The minimum absolute atomic E-state index is 0.677. The van der Waals surface area contributed by atoms with Crippen molar-refractivity contribution in [2.24, 2.45) is 0 Å². The molecule has 0 aromatic heterocycles. The largest absolute Gasteiger partial charge is 0.396 e. The SMILES string of the molecule is CCCO[SiH](OCCC)C(CC)CCCBr. The number of halogens is 1. The average molecular weight is 311 g/mol. The molecule has 2 nitrogen and oxygen atoms in total. The number of hydrogen-bond acceptors (Lipinski definition) is 2. The molecular formula is C12H27BrO2Si. The molecule has 98 valence electrons. The molecule has 0 bridgehead atoms. The van der Waals surface area contributed by atoms with Crippen molar-refractivity contribution in [3.63, 3.8) is 0 Å². The van der Waals surface area contributed by atoms with Crippen molar-refractivity contribution in [1.29, 1.82) is 0 Å². The third kappa shape index (κ3) is 7.82. The maximum Gasteiger partial charge on any atom is 0.324 e. The molecule has 0 aromatic carbocycles. The standard InChI is InChI=1S/C12H27BrO2Si/c1-4-10-14-16(15-11-5-2)12(6-3)8-7-9-13/h12,16H,4-11H2,1-3H3. The molecule has 4 heteroatoms. The summed E-state index contributed by atoms with van der Waals surface area (Å²) < 4.78 is 11.9. The van der Waals surface area contributed by atoms with Crippen molar-refractivity contribution < 1.29 is 8.85 Å². The first-order chi connectivity index (χ1) is 7.79. The minimum Gasteiger partial charge on any atom is -0.396 e. The highest BCUT2D eigenvalue weighted by Crippen LogP contribution is 2.24. The van der Waals surface area contributed by atoms with Gasteiger partial charge in [0.1, 0.15) is 0 Å². The highest BCUT2D eigenvalue weighted by Gasteiger charge is 2.24. The summed E-state index contributed by atoms with van der Waals surface area (Å²) in [4.78, 5) is 0. The number of alkyl halides is 1. The molecule has 0 aromatic rings. The van der Waals surface area contributed by atoms with E-state index in [0.29, 0.717) is 5.54 Å². The smallest absolute Gasteiger partial charge is 0.324 e. The Bertz CT molecular complexity index is 139. The predicted molar refractivity (Wildman–Crippen MR) is 76.7 cm³/mol. The maximum atomic E-state index is 5.94.